The molecule has 0 N–H and O–H groups in total. The second kappa shape index (κ2) is 7.25. The number of rotatable bonds is 5. The molecule has 0 aromatic rings. The highest BCUT2D eigenvalue weighted by atomic mass is 127. The minimum absolute atomic E-state index is 0.0252. The smallest absolute Gasteiger partial charge is 0.309 e. The minimum Gasteiger partial charge on any atom is -0.461 e. The summed E-state index contributed by atoms with van der Waals surface area (Å²) in [5.41, 5.74) is 0. The Hall–Kier alpha value is -0.0600. The Kier molecular flexibility index (Phi) is 6.29. The Morgan fingerprint density at radius 1 is 1.40 bits per heavy atom. The standard InChI is InChI=1S/C12H19IO2/c1-2-9-15-12(14)11-5-3-10(4-6-11)7-8-13/h2,10-11H,1,3-9H2. The van der Waals surface area contributed by atoms with Gasteiger partial charge in [-0.15, -0.1) is 0 Å². The van der Waals surface area contributed by atoms with E-state index >= 15 is 0 Å². The topological polar surface area (TPSA) is 26.3 Å². The third kappa shape index (κ3) is 4.53. The molecule has 0 aliphatic heterocycles. The second-order valence-electron chi connectivity index (χ2n) is 4.11. The molecule has 1 aliphatic rings. The molecule has 1 aliphatic carbocycles. The van der Waals surface area contributed by atoms with Gasteiger partial charge in [-0.05, 0) is 42.4 Å². The van der Waals surface area contributed by atoms with Crippen LogP contribution in [0.15, 0.2) is 12.7 Å². The number of hydrogen-bond donors (Lipinski definition) is 0. The van der Waals surface area contributed by atoms with Crippen LogP contribution in [-0.2, 0) is 9.53 Å². The molecule has 1 fully saturated rings. The van der Waals surface area contributed by atoms with E-state index in [1.807, 2.05) is 0 Å². The van der Waals surface area contributed by atoms with Crippen LogP contribution in [0.25, 0.3) is 0 Å². The van der Waals surface area contributed by atoms with E-state index in [-0.39, 0.29) is 11.9 Å². The molecule has 0 bridgehead atoms. The average molecular weight is 322 g/mol. The molecule has 0 heterocycles. The zero-order valence-electron chi connectivity index (χ0n) is 9.08. The quantitative estimate of drug-likeness (QED) is 0.336. The van der Waals surface area contributed by atoms with Crippen LogP contribution in [0, 0.1) is 11.8 Å². The molecule has 0 radical (unpaired) electrons. The van der Waals surface area contributed by atoms with Gasteiger partial charge >= 0.3 is 5.97 Å². The van der Waals surface area contributed by atoms with Crippen molar-refractivity contribution < 1.29 is 9.53 Å². The third-order valence-corrected chi connectivity index (χ3v) is 3.66. The Bertz CT molecular complexity index is 208. The average Bonchev–Trinajstić information content (AvgIpc) is 2.27. The van der Waals surface area contributed by atoms with Crippen LogP contribution < -0.4 is 0 Å². The summed E-state index contributed by atoms with van der Waals surface area (Å²) in [4.78, 5) is 11.6. The molecule has 15 heavy (non-hydrogen) atoms. The highest BCUT2D eigenvalue weighted by Crippen LogP contribution is 2.31. The molecule has 0 aromatic carbocycles. The van der Waals surface area contributed by atoms with Gasteiger partial charge in [0.15, 0.2) is 0 Å². The van der Waals surface area contributed by atoms with E-state index in [9.17, 15) is 4.79 Å². The van der Waals surface area contributed by atoms with E-state index in [4.69, 9.17) is 4.74 Å². The SMILES string of the molecule is C=CCOC(=O)C1CCC(CCI)CC1. The molecule has 1 rings (SSSR count). The Morgan fingerprint density at radius 2 is 2.07 bits per heavy atom. The lowest BCUT2D eigenvalue weighted by atomic mass is 9.81. The third-order valence-electron chi connectivity index (χ3n) is 3.04. The van der Waals surface area contributed by atoms with Crippen LogP contribution >= 0.6 is 22.6 Å². The number of alkyl halides is 1. The maximum absolute atomic E-state index is 11.6. The van der Waals surface area contributed by atoms with E-state index < -0.39 is 0 Å². The maximum atomic E-state index is 11.6. The fourth-order valence-corrected chi connectivity index (χ4v) is 2.98. The monoisotopic (exact) mass is 322 g/mol. The van der Waals surface area contributed by atoms with Gasteiger partial charge in [0.1, 0.15) is 6.61 Å². The first-order valence-electron chi connectivity index (χ1n) is 5.61. The zero-order chi connectivity index (χ0) is 11.1. The lowest BCUT2D eigenvalue weighted by Crippen LogP contribution is -2.24. The van der Waals surface area contributed by atoms with Gasteiger partial charge in [-0.1, -0.05) is 35.2 Å². The summed E-state index contributed by atoms with van der Waals surface area (Å²) in [6, 6.07) is 0. The normalized spacial score (nSPS) is 25.9. The highest BCUT2D eigenvalue weighted by Gasteiger charge is 2.26. The van der Waals surface area contributed by atoms with Gasteiger partial charge in [0.2, 0.25) is 0 Å². The fourth-order valence-electron chi connectivity index (χ4n) is 2.10. The summed E-state index contributed by atoms with van der Waals surface area (Å²) in [5.74, 6) is 0.962. The summed E-state index contributed by atoms with van der Waals surface area (Å²) in [6.45, 7) is 3.89. The van der Waals surface area contributed by atoms with E-state index in [1.165, 1.54) is 23.7 Å². The second-order valence-corrected chi connectivity index (χ2v) is 5.19. The Balaban J connectivity index is 2.24. The van der Waals surface area contributed by atoms with Crippen LogP contribution in [0.3, 0.4) is 0 Å². The Labute approximate surface area is 106 Å². The molecule has 3 heteroatoms. The van der Waals surface area contributed by atoms with Crippen LogP contribution in [0.2, 0.25) is 0 Å². The fraction of sp³-hybridized carbons (Fsp3) is 0.750. The minimum atomic E-state index is -0.0252. The van der Waals surface area contributed by atoms with Crippen molar-refractivity contribution in [3.63, 3.8) is 0 Å². The molecule has 0 aromatic heterocycles. The van der Waals surface area contributed by atoms with Gasteiger partial charge in [0, 0.05) is 0 Å². The molecular formula is C12H19IO2. The van der Waals surface area contributed by atoms with Crippen LogP contribution in [0.1, 0.15) is 32.1 Å². The number of carbonyl (C=O) groups excluding carboxylic acids is 1. The van der Waals surface area contributed by atoms with Gasteiger partial charge < -0.3 is 4.74 Å². The number of ether oxygens (including phenoxy) is 1. The van der Waals surface area contributed by atoms with Crippen molar-refractivity contribution in [2.75, 3.05) is 11.0 Å². The number of hydrogen-bond acceptors (Lipinski definition) is 2. The predicted molar refractivity (Wildman–Crippen MR) is 70.1 cm³/mol. The van der Waals surface area contributed by atoms with Crippen LogP contribution in [0.5, 0.6) is 0 Å². The summed E-state index contributed by atoms with van der Waals surface area (Å²) in [7, 11) is 0. The van der Waals surface area contributed by atoms with Crippen LogP contribution in [-0.4, -0.2) is 17.0 Å². The van der Waals surface area contributed by atoms with E-state index in [0.717, 1.165) is 18.8 Å². The predicted octanol–water partition coefficient (Wildman–Crippen LogP) is 3.35. The molecule has 0 atom stereocenters. The largest absolute Gasteiger partial charge is 0.461 e. The molecule has 0 spiro atoms. The first-order valence-corrected chi connectivity index (χ1v) is 7.14. The lowest BCUT2D eigenvalue weighted by Gasteiger charge is -2.26. The van der Waals surface area contributed by atoms with Gasteiger partial charge in [0.05, 0.1) is 5.92 Å². The summed E-state index contributed by atoms with van der Waals surface area (Å²) in [6.07, 6.45) is 7.33. The van der Waals surface area contributed by atoms with Crippen molar-refractivity contribution in [1.29, 1.82) is 0 Å². The van der Waals surface area contributed by atoms with Crippen molar-refractivity contribution in [2.45, 2.75) is 32.1 Å². The summed E-state index contributed by atoms with van der Waals surface area (Å²) in [5, 5.41) is 0. The van der Waals surface area contributed by atoms with E-state index in [0.29, 0.717) is 6.61 Å². The van der Waals surface area contributed by atoms with Gasteiger partial charge in [0.25, 0.3) is 0 Å². The number of carbonyl (C=O) groups is 1. The van der Waals surface area contributed by atoms with E-state index in [1.54, 1.807) is 6.08 Å². The van der Waals surface area contributed by atoms with Gasteiger partial charge in [-0.25, -0.2) is 0 Å². The summed E-state index contributed by atoms with van der Waals surface area (Å²) >= 11 is 2.42. The molecule has 86 valence electrons. The molecule has 0 unspecified atom stereocenters. The summed E-state index contributed by atoms with van der Waals surface area (Å²) < 4.78 is 6.30. The van der Waals surface area contributed by atoms with Gasteiger partial charge in [-0.3, -0.25) is 4.79 Å². The van der Waals surface area contributed by atoms with Crippen molar-refractivity contribution >= 4 is 28.6 Å². The van der Waals surface area contributed by atoms with Crippen molar-refractivity contribution in [3.05, 3.63) is 12.7 Å². The Morgan fingerprint density at radius 3 is 2.60 bits per heavy atom. The number of halogens is 1. The maximum Gasteiger partial charge on any atom is 0.309 e. The zero-order valence-corrected chi connectivity index (χ0v) is 11.2. The molecular weight excluding hydrogens is 303 g/mol. The lowest BCUT2D eigenvalue weighted by molar-refractivity contribution is -0.148. The molecule has 2 nitrogen and oxygen atoms in total. The molecule has 1 saturated carbocycles. The van der Waals surface area contributed by atoms with Crippen LogP contribution in [0.4, 0.5) is 0 Å². The first kappa shape index (κ1) is 13.0. The van der Waals surface area contributed by atoms with Crippen molar-refractivity contribution in [3.8, 4) is 0 Å². The van der Waals surface area contributed by atoms with Crippen molar-refractivity contribution in [2.24, 2.45) is 11.8 Å². The van der Waals surface area contributed by atoms with E-state index in [2.05, 4.69) is 29.2 Å². The molecule has 0 saturated heterocycles. The highest BCUT2D eigenvalue weighted by molar-refractivity contribution is 14.1. The van der Waals surface area contributed by atoms with Gasteiger partial charge in [-0.2, -0.15) is 0 Å². The number of esters is 1. The van der Waals surface area contributed by atoms with Crippen molar-refractivity contribution in [1.82, 2.24) is 0 Å². The molecule has 0 amide bonds. The first-order chi connectivity index (χ1) is 7.27.